The highest BCUT2D eigenvalue weighted by Gasteiger charge is 2.23. The summed E-state index contributed by atoms with van der Waals surface area (Å²) in [4.78, 5) is 11.9. The Balaban J connectivity index is 3.26. The zero-order valence-corrected chi connectivity index (χ0v) is 11.9. The number of nitrogen functional groups attached to an aromatic ring is 1. The molecule has 6 heteroatoms. The number of hydrogen-bond acceptors (Lipinski definition) is 4. The van der Waals surface area contributed by atoms with Crippen molar-refractivity contribution in [2.45, 2.75) is 26.9 Å². The van der Waals surface area contributed by atoms with Gasteiger partial charge in [-0.1, -0.05) is 23.2 Å². The summed E-state index contributed by atoms with van der Waals surface area (Å²) in [6.45, 7) is 5.64. The van der Waals surface area contributed by atoms with Gasteiger partial charge in [0.1, 0.15) is 10.6 Å². The molecule has 100 valence electrons. The molecule has 1 aromatic carbocycles. The first-order valence-electron chi connectivity index (χ1n) is 5.49. The molecule has 0 aliphatic heterocycles. The van der Waals surface area contributed by atoms with Crippen molar-refractivity contribution < 1.29 is 14.3 Å². The minimum absolute atomic E-state index is 0.0764. The van der Waals surface area contributed by atoms with Crippen molar-refractivity contribution in [3.8, 4) is 5.75 Å². The number of rotatable bonds is 4. The van der Waals surface area contributed by atoms with Gasteiger partial charge in [-0.05, 0) is 26.8 Å². The number of carbonyl (C=O) groups is 1. The van der Waals surface area contributed by atoms with Crippen LogP contribution in [0.2, 0.25) is 10.0 Å². The molecule has 2 N–H and O–H groups in total. The molecule has 0 amide bonds. The lowest BCUT2D eigenvalue weighted by molar-refractivity contribution is 0.0379. The second kappa shape index (κ2) is 6.16. The van der Waals surface area contributed by atoms with Gasteiger partial charge in [0.15, 0.2) is 5.75 Å². The summed E-state index contributed by atoms with van der Waals surface area (Å²) in [7, 11) is 0. The zero-order valence-electron chi connectivity index (χ0n) is 10.4. The van der Waals surface area contributed by atoms with Crippen LogP contribution in [0.5, 0.6) is 5.75 Å². The van der Waals surface area contributed by atoms with E-state index in [9.17, 15) is 4.79 Å². The number of ether oxygens (including phenoxy) is 2. The molecule has 0 fully saturated rings. The second-order valence-corrected chi connectivity index (χ2v) is 4.64. The van der Waals surface area contributed by atoms with Gasteiger partial charge < -0.3 is 15.2 Å². The Morgan fingerprint density at radius 2 is 2.06 bits per heavy atom. The summed E-state index contributed by atoms with van der Waals surface area (Å²) in [6.07, 6.45) is -0.265. The molecule has 18 heavy (non-hydrogen) atoms. The lowest BCUT2D eigenvalue weighted by atomic mass is 10.1. The first-order valence-corrected chi connectivity index (χ1v) is 6.25. The van der Waals surface area contributed by atoms with E-state index in [0.717, 1.165) is 0 Å². The van der Waals surface area contributed by atoms with Crippen LogP contribution in [0, 0.1) is 0 Å². The lowest BCUT2D eigenvalue weighted by Gasteiger charge is -2.15. The maximum absolute atomic E-state index is 11.9. The highest BCUT2D eigenvalue weighted by atomic mass is 35.5. The van der Waals surface area contributed by atoms with E-state index in [2.05, 4.69) is 0 Å². The minimum Gasteiger partial charge on any atom is -0.491 e. The second-order valence-electron chi connectivity index (χ2n) is 3.85. The summed E-state index contributed by atoms with van der Waals surface area (Å²) in [5, 5.41) is 0.341. The van der Waals surface area contributed by atoms with Crippen molar-refractivity contribution in [3.05, 3.63) is 21.7 Å². The Labute approximate surface area is 116 Å². The average molecular weight is 292 g/mol. The molecule has 0 atom stereocenters. The molecular formula is C12H15Cl2NO3. The standard InChI is InChI=1S/C12H15Cl2NO3/c1-4-17-11-7(13)5-8(15)9(10(11)14)12(16)18-6(2)3/h5-6H,4,15H2,1-3H3. The van der Waals surface area contributed by atoms with E-state index in [-0.39, 0.29) is 33.1 Å². The third-order valence-electron chi connectivity index (χ3n) is 2.04. The third kappa shape index (κ3) is 3.21. The van der Waals surface area contributed by atoms with Crippen LogP contribution in [0.3, 0.4) is 0 Å². The topological polar surface area (TPSA) is 61.5 Å². The van der Waals surface area contributed by atoms with Gasteiger partial charge in [-0.15, -0.1) is 0 Å². The maximum atomic E-state index is 11.9. The Kier molecular flexibility index (Phi) is 5.11. The fourth-order valence-electron chi connectivity index (χ4n) is 1.38. The number of halogens is 2. The molecule has 1 aromatic rings. The third-order valence-corrected chi connectivity index (χ3v) is 2.68. The van der Waals surface area contributed by atoms with Crippen LogP contribution in [0.15, 0.2) is 6.07 Å². The Bertz CT molecular complexity index is 461. The van der Waals surface area contributed by atoms with Gasteiger partial charge in [-0.3, -0.25) is 0 Å². The predicted octanol–water partition coefficient (Wildman–Crippen LogP) is 3.54. The minimum atomic E-state index is -0.592. The van der Waals surface area contributed by atoms with E-state index in [1.807, 2.05) is 0 Å². The van der Waals surface area contributed by atoms with Crippen molar-refractivity contribution in [1.82, 2.24) is 0 Å². The van der Waals surface area contributed by atoms with Gasteiger partial charge in [-0.25, -0.2) is 4.79 Å². The van der Waals surface area contributed by atoms with Crippen LogP contribution < -0.4 is 10.5 Å². The molecule has 0 spiro atoms. The van der Waals surface area contributed by atoms with Crippen molar-refractivity contribution in [2.75, 3.05) is 12.3 Å². The van der Waals surface area contributed by atoms with Crippen molar-refractivity contribution in [1.29, 1.82) is 0 Å². The number of anilines is 1. The predicted molar refractivity (Wildman–Crippen MR) is 72.6 cm³/mol. The highest BCUT2D eigenvalue weighted by molar-refractivity contribution is 6.40. The molecule has 0 saturated carbocycles. The fraction of sp³-hybridized carbons (Fsp3) is 0.417. The van der Waals surface area contributed by atoms with E-state index in [1.165, 1.54) is 6.07 Å². The van der Waals surface area contributed by atoms with Gasteiger partial charge in [0, 0.05) is 5.69 Å². The first-order chi connectivity index (χ1) is 8.38. The van der Waals surface area contributed by atoms with Gasteiger partial charge in [0.2, 0.25) is 0 Å². The van der Waals surface area contributed by atoms with Crippen molar-refractivity contribution >= 4 is 34.9 Å². The molecular weight excluding hydrogens is 277 g/mol. The summed E-state index contributed by atoms with van der Waals surface area (Å²) >= 11 is 12.0. The van der Waals surface area contributed by atoms with Crippen LogP contribution >= 0.6 is 23.2 Å². The van der Waals surface area contributed by atoms with E-state index in [1.54, 1.807) is 20.8 Å². The maximum Gasteiger partial charge on any atom is 0.342 e. The van der Waals surface area contributed by atoms with Crippen LogP contribution in [-0.4, -0.2) is 18.7 Å². The molecule has 0 unspecified atom stereocenters. The fourth-order valence-corrected chi connectivity index (χ4v) is 2.03. The number of esters is 1. The summed E-state index contributed by atoms with van der Waals surface area (Å²) < 4.78 is 10.4. The van der Waals surface area contributed by atoms with Crippen molar-refractivity contribution in [2.24, 2.45) is 0 Å². The Hall–Kier alpha value is -1.13. The van der Waals surface area contributed by atoms with E-state index in [4.69, 9.17) is 38.4 Å². The zero-order chi connectivity index (χ0) is 13.9. The molecule has 0 aromatic heterocycles. The molecule has 4 nitrogen and oxygen atoms in total. The SMILES string of the molecule is CCOc1c(Cl)cc(N)c(C(=O)OC(C)C)c1Cl. The highest BCUT2D eigenvalue weighted by Crippen LogP contribution is 2.39. The van der Waals surface area contributed by atoms with Crippen LogP contribution in [0.1, 0.15) is 31.1 Å². The van der Waals surface area contributed by atoms with E-state index in [0.29, 0.717) is 6.61 Å². The quantitative estimate of drug-likeness (QED) is 0.681. The molecule has 1 rings (SSSR count). The van der Waals surface area contributed by atoms with Crippen LogP contribution in [0.25, 0.3) is 0 Å². The van der Waals surface area contributed by atoms with Gasteiger partial charge in [0.25, 0.3) is 0 Å². The van der Waals surface area contributed by atoms with Crippen molar-refractivity contribution in [3.63, 3.8) is 0 Å². The van der Waals surface area contributed by atoms with E-state index < -0.39 is 5.97 Å². The summed E-state index contributed by atoms with van der Waals surface area (Å²) in [6, 6.07) is 1.43. The number of nitrogens with two attached hydrogens (primary N) is 1. The molecule has 0 bridgehead atoms. The summed E-state index contributed by atoms with van der Waals surface area (Å²) in [5.41, 5.74) is 5.99. The van der Waals surface area contributed by atoms with Crippen LogP contribution in [-0.2, 0) is 4.74 Å². The molecule has 0 aliphatic rings. The number of hydrogen-bond donors (Lipinski definition) is 1. The number of benzene rings is 1. The van der Waals surface area contributed by atoms with Gasteiger partial charge in [-0.2, -0.15) is 0 Å². The van der Waals surface area contributed by atoms with Crippen LogP contribution in [0.4, 0.5) is 5.69 Å². The largest absolute Gasteiger partial charge is 0.491 e. The monoisotopic (exact) mass is 291 g/mol. The smallest absolute Gasteiger partial charge is 0.342 e. The number of carbonyl (C=O) groups excluding carboxylic acids is 1. The molecule has 0 aliphatic carbocycles. The van der Waals surface area contributed by atoms with Gasteiger partial charge >= 0.3 is 5.97 Å². The molecule has 0 radical (unpaired) electrons. The van der Waals surface area contributed by atoms with E-state index >= 15 is 0 Å². The Morgan fingerprint density at radius 1 is 1.44 bits per heavy atom. The molecule has 0 heterocycles. The first kappa shape index (κ1) is 14.9. The lowest BCUT2D eigenvalue weighted by Crippen LogP contribution is -2.14. The Morgan fingerprint density at radius 3 is 2.56 bits per heavy atom. The average Bonchev–Trinajstić information content (AvgIpc) is 2.22. The van der Waals surface area contributed by atoms with Gasteiger partial charge in [0.05, 0.1) is 17.7 Å². The summed E-state index contributed by atoms with van der Waals surface area (Å²) in [5.74, 6) is -0.351. The molecule has 0 saturated heterocycles. The normalized spacial score (nSPS) is 10.6.